The van der Waals surface area contributed by atoms with Crippen LogP contribution in [-0.2, 0) is 10.0 Å². The van der Waals surface area contributed by atoms with E-state index < -0.39 is 10.0 Å². The maximum atomic E-state index is 12.5. The Labute approximate surface area is 163 Å². The summed E-state index contributed by atoms with van der Waals surface area (Å²) in [6.45, 7) is 6.59. The molecular formula is C22H29NO3S. The van der Waals surface area contributed by atoms with Gasteiger partial charge in [-0.3, -0.25) is 0 Å². The highest BCUT2D eigenvalue weighted by atomic mass is 32.2. The molecule has 0 aliphatic carbocycles. The average molecular weight is 388 g/mol. The molecule has 0 heterocycles. The summed E-state index contributed by atoms with van der Waals surface area (Å²) in [6.07, 6.45) is 4.97. The highest BCUT2D eigenvalue weighted by Crippen LogP contribution is 2.19. The molecule has 0 spiro atoms. The van der Waals surface area contributed by atoms with E-state index in [0.29, 0.717) is 17.4 Å². The van der Waals surface area contributed by atoms with E-state index in [1.54, 1.807) is 19.2 Å². The molecule has 0 aliphatic rings. The van der Waals surface area contributed by atoms with Gasteiger partial charge in [-0.05, 0) is 55.0 Å². The van der Waals surface area contributed by atoms with E-state index in [2.05, 4.69) is 30.7 Å². The second-order valence-corrected chi connectivity index (χ2v) is 8.85. The molecule has 1 atom stereocenters. The van der Waals surface area contributed by atoms with Gasteiger partial charge in [0.05, 0.1) is 12.0 Å². The van der Waals surface area contributed by atoms with Crippen LogP contribution >= 0.6 is 0 Å². The van der Waals surface area contributed by atoms with Gasteiger partial charge >= 0.3 is 0 Å². The molecule has 2 rings (SSSR count). The predicted molar refractivity (Wildman–Crippen MR) is 111 cm³/mol. The highest BCUT2D eigenvalue weighted by Gasteiger charge is 2.18. The molecule has 0 bridgehead atoms. The van der Waals surface area contributed by atoms with Crippen molar-refractivity contribution < 1.29 is 13.2 Å². The summed E-state index contributed by atoms with van der Waals surface area (Å²) < 4.78 is 32.9. The lowest BCUT2D eigenvalue weighted by molar-refractivity contribution is 0.386. The normalized spacial score (nSPS) is 13.2. The summed E-state index contributed by atoms with van der Waals surface area (Å²) in [5.74, 6) is 1.42. The van der Waals surface area contributed by atoms with E-state index in [4.69, 9.17) is 4.74 Å². The van der Waals surface area contributed by atoms with Crippen molar-refractivity contribution in [1.82, 2.24) is 4.72 Å². The van der Waals surface area contributed by atoms with Crippen molar-refractivity contribution in [2.24, 2.45) is 11.8 Å². The van der Waals surface area contributed by atoms with Crippen molar-refractivity contribution in [1.29, 1.82) is 0 Å². The van der Waals surface area contributed by atoms with Crippen LogP contribution in [0.25, 0.3) is 6.08 Å². The average Bonchev–Trinajstić information content (AvgIpc) is 2.65. The summed E-state index contributed by atoms with van der Waals surface area (Å²) in [5.41, 5.74) is 2.14. The summed E-state index contributed by atoms with van der Waals surface area (Å²) in [7, 11) is -1.83. The van der Waals surface area contributed by atoms with Crippen LogP contribution in [0.5, 0.6) is 5.75 Å². The first-order valence-corrected chi connectivity index (χ1v) is 10.7. The first kappa shape index (κ1) is 21.2. The number of hydrogen-bond donors (Lipinski definition) is 1. The predicted octanol–water partition coefficient (Wildman–Crippen LogP) is 4.66. The van der Waals surface area contributed by atoms with Gasteiger partial charge in [0.2, 0.25) is 10.0 Å². The van der Waals surface area contributed by atoms with E-state index >= 15 is 0 Å². The van der Waals surface area contributed by atoms with Gasteiger partial charge in [0.1, 0.15) is 5.75 Å². The van der Waals surface area contributed by atoms with Crippen LogP contribution in [0.1, 0.15) is 31.4 Å². The largest absolute Gasteiger partial charge is 0.497 e. The van der Waals surface area contributed by atoms with Crippen molar-refractivity contribution in [2.45, 2.75) is 32.1 Å². The number of ether oxygens (including phenoxy) is 1. The second kappa shape index (κ2) is 9.72. The molecule has 0 fully saturated rings. The van der Waals surface area contributed by atoms with Crippen molar-refractivity contribution in [3.05, 3.63) is 65.7 Å². The number of rotatable bonds is 9. The van der Waals surface area contributed by atoms with Gasteiger partial charge in [0.15, 0.2) is 0 Å². The highest BCUT2D eigenvalue weighted by molar-refractivity contribution is 7.89. The van der Waals surface area contributed by atoms with E-state index in [1.165, 1.54) is 0 Å². The number of nitrogens with one attached hydrogen (secondary N) is 1. The van der Waals surface area contributed by atoms with Crippen LogP contribution in [0, 0.1) is 18.8 Å². The Hall–Kier alpha value is -2.11. The Balaban J connectivity index is 1.96. The van der Waals surface area contributed by atoms with Crippen LogP contribution in [0.2, 0.25) is 0 Å². The van der Waals surface area contributed by atoms with Crippen LogP contribution in [-0.4, -0.2) is 22.1 Å². The minimum Gasteiger partial charge on any atom is -0.497 e. The maximum Gasteiger partial charge on any atom is 0.240 e. The lowest BCUT2D eigenvalue weighted by atomic mass is 9.92. The molecule has 0 amide bonds. The molecule has 4 nitrogen and oxygen atoms in total. The lowest BCUT2D eigenvalue weighted by Gasteiger charge is -2.20. The fraction of sp³-hybridized carbons (Fsp3) is 0.364. The molecule has 0 saturated carbocycles. The van der Waals surface area contributed by atoms with E-state index in [1.807, 2.05) is 43.3 Å². The third-order valence-electron chi connectivity index (χ3n) is 4.67. The summed E-state index contributed by atoms with van der Waals surface area (Å²) in [6, 6.07) is 14.8. The monoisotopic (exact) mass is 387 g/mol. The first-order valence-electron chi connectivity index (χ1n) is 9.19. The third kappa shape index (κ3) is 6.52. The molecule has 0 radical (unpaired) electrons. The molecule has 0 aromatic heterocycles. The Bertz CT molecular complexity index is 838. The van der Waals surface area contributed by atoms with Gasteiger partial charge in [-0.25, -0.2) is 13.1 Å². The Kier molecular flexibility index (Phi) is 7.63. The molecule has 27 heavy (non-hydrogen) atoms. The Morgan fingerprint density at radius 1 is 1.04 bits per heavy atom. The van der Waals surface area contributed by atoms with Gasteiger partial charge in [0.25, 0.3) is 0 Å². The smallest absolute Gasteiger partial charge is 0.240 e. The van der Waals surface area contributed by atoms with E-state index in [0.717, 1.165) is 23.3 Å². The number of sulfonamides is 1. The lowest BCUT2D eigenvalue weighted by Crippen LogP contribution is -2.31. The van der Waals surface area contributed by atoms with Crippen molar-refractivity contribution in [3.8, 4) is 5.75 Å². The first-order chi connectivity index (χ1) is 12.8. The number of methoxy groups -OCH3 is 1. The molecule has 0 aliphatic heterocycles. The zero-order valence-corrected chi connectivity index (χ0v) is 17.3. The molecule has 5 heteroatoms. The summed E-state index contributed by atoms with van der Waals surface area (Å²) >= 11 is 0. The molecule has 146 valence electrons. The standard InChI is InChI=1S/C22H29NO3S/c1-17(2)20(7-5-6-19-10-12-21(26-4)13-11-19)16-23-27(24,25)22-14-8-18(3)9-15-22/h5-6,8-15,17,20,23H,7,16H2,1-4H3/b6-5+. The van der Waals surface area contributed by atoms with Crippen molar-refractivity contribution in [2.75, 3.05) is 13.7 Å². The fourth-order valence-electron chi connectivity index (χ4n) is 2.70. The van der Waals surface area contributed by atoms with Gasteiger partial charge in [0, 0.05) is 6.54 Å². The van der Waals surface area contributed by atoms with Crippen LogP contribution in [0.15, 0.2) is 59.5 Å². The zero-order chi connectivity index (χ0) is 19.9. The van der Waals surface area contributed by atoms with E-state index in [-0.39, 0.29) is 5.92 Å². The molecule has 1 unspecified atom stereocenters. The molecule has 2 aromatic rings. The van der Waals surface area contributed by atoms with Crippen LogP contribution in [0.4, 0.5) is 0 Å². The maximum absolute atomic E-state index is 12.5. The molecular weight excluding hydrogens is 358 g/mol. The van der Waals surface area contributed by atoms with Crippen molar-refractivity contribution >= 4 is 16.1 Å². The summed E-state index contributed by atoms with van der Waals surface area (Å²) in [4.78, 5) is 0.310. The van der Waals surface area contributed by atoms with Gasteiger partial charge < -0.3 is 4.74 Å². The topological polar surface area (TPSA) is 55.4 Å². The van der Waals surface area contributed by atoms with E-state index in [9.17, 15) is 8.42 Å². The minimum absolute atomic E-state index is 0.222. The molecule has 1 N–H and O–H groups in total. The number of hydrogen-bond acceptors (Lipinski definition) is 3. The Morgan fingerprint density at radius 3 is 2.22 bits per heavy atom. The second-order valence-electron chi connectivity index (χ2n) is 7.08. The van der Waals surface area contributed by atoms with Crippen LogP contribution in [0.3, 0.4) is 0 Å². The van der Waals surface area contributed by atoms with Gasteiger partial charge in [-0.2, -0.15) is 0 Å². The Morgan fingerprint density at radius 2 is 1.67 bits per heavy atom. The van der Waals surface area contributed by atoms with Crippen molar-refractivity contribution in [3.63, 3.8) is 0 Å². The number of allylic oxidation sites excluding steroid dienone is 1. The molecule has 2 aromatic carbocycles. The third-order valence-corrected chi connectivity index (χ3v) is 6.11. The number of benzene rings is 2. The zero-order valence-electron chi connectivity index (χ0n) is 16.5. The van der Waals surface area contributed by atoms with Crippen LogP contribution < -0.4 is 9.46 Å². The van der Waals surface area contributed by atoms with Gasteiger partial charge in [-0.1, -0.05) is 55.8 Å². The quantitative estimate of drug-likeness (QED) is 0.681. The SMILES string of the molecule is COc1ccc(/C=C/CC(CNS(=O)(=O)c2ccc(C)cc2)C(C)C)cc1. The van der Waals surface area contributed by atoms with Gasteiger partial charge in [-0.15, -0.1) is 0 Å². The molecule has 0 saturated heterocycles. The fourth-order valence-corrected chi connectivity index (χ4v) is 3.80. The minimum atomic E-state index is -3.48. The summed E-state index contributed by atoms with van der Waals surface area (Å²) in [5, 5.41) is 0. The number of aryl methyl sites for hydroxylation is 1.